The van der Waals surface area contributed by atoms with Gasteiger partial charge < -0.3 is 10.2 Å². The van der Waals surface area contributed by atoms with Gasteiger partial charge in [-0.15, -0.1) is 0 Å². The topological polar surface area (TPSA) is 104 Å². The molecule has 0 bridgehead atoms. The summed E-state index contributed by atoms with van der Waals surface area (Å²) in [6, 6.07) is -0.583. The molecule has 5 atom stereocenters. The number of carbonyl (C=O) groups is 3. The number of halogens is 1. The van der Waals surface area contributed by atoms with Crippen LogP contribution in [0.5, 0.6) is 0 Å². The molecule has 0 unspecified atom stereocenters. The van der Waals surface area contributed by atoms with E-state index in [1.54, 1.807) is 4.90 Å². The summed E-state index contributed by atoms with van der Waals surface area (Å²) >= 11 is 0. The Morgan fingerprint density at radius 1 is 1.21 bits per heavy atom. The van der Waals surface area contributed by atoms with Crippen molar-refractivity contribution in [2.75, 3.05) is 6.54 Å². The molecule has 8 nitrogen and oxygen atoms in total. The van der Waals surface area contributed by atoms with E-state index in [2.05, 4.69) is 30.6 Å². The Kier molecular flexibility index (Phi) is 5.55. The van der Waals surface area contributed by atoms with Crippen LogP contribution >= 0.6 is 0 Å². The zero-order valence-electron chi connectivity index (χ0n) is 19.4. The molecule has 0 radical (unpaired) electrons. The normalized spacial score (nSPS) is 40.4. The van der Waals surface area contributed by atoms with Crippen LogP contribution in [0.25, 0.3) is 0 Å². The second-order valence-corrected chi connectivity index (χ2v) is 10.9. The minimum Gasteiger partial charge on any atom is -0.339 e. The largest absolute Gasteiger partial charge is 0.344 e. The van der Waals surface area contributed by atoms with Gasteiger partial charge >= 0.3 is 5.91 Å². The molecule has 182 valence electrons. The van der Waals surface area contributed by atoms with Crippen LogP contribution < -0.4 is 10.6 Å². The fraction of sp³-hybridized carbons (Fsp3) is 0.792. The van der Waals surface area contributed by atoms with Crippen molar-refractivity contribution < 1.29 is 28.5 Å². The summed E-state index contributed by atoms with van der Waals surface area (Å²) in [5.41, 5.74) is -2.90. The van der Waals surface area contributed by atoms with Crippen LogP contribution in [0.4, 0.5) is 4.39 Å². The van der Waals surface area contributed by atoms with Crippen molar-refractivity contribution in [3.63, 3.8) is 0 Å². The Morgan fingerprint density at radius 2 is 1.97 bits per heavy atom. The Labute approximate surface area is 193 Å². The maximum absolute atomic E-state index is 14.6. The van der Waals surface area contributed by atoms with Crippen molar-refractivity contribution in [1.29, 1.82) is 0 Å². The molecule has 3 heterocycles. The number of hydrogen-bond donors (Lipinski definition) is 2. The maximum Gasteiger partial charge on any atom is 0.344 e. The fourth-order valence-corrected chi connectivity index (χ4v) is 5.61. The lowest BCUT2D eigenvalue weighted by Crippen LogP contribution is -2.59. The van der Waals surface area contributed by atoms with Gasteiger partial charge in [0, 0.05) is 18.9 Å². The van der Waals surface area contributed by atoms with Crippen LogP contribution in [-0.2, 0) is 24.2 Å². The van der Waals surface area contributed by atoms with Gasteiger partial charge in [-0.1, -0.05) is 26.0 Å². The number of carbonyl (C=O) groups excluding carboxylic acids is 3. The lowest BCUT2D eigenvalue weighted by Gasteiger charge is -2.28. The Hall–Kier alpha value is -2.00. The van der Waals surface area contributed by atoms with E-state index in [1.807, 2.05) is 6.08 Å². The third-order valence-electron chi connectivity index (χ3n) is 7.97. The molecule has 9 heteroatoms. The highest BCUT2D eigenvalue weighted by atomic mass is 19.1. The van der Waals surface area contributed by atoms with E-state index in [9.17, 15) is 18.8 Å². The zero-order valence-corrected chi connectivity index (χ0v) is 19.4. The molecule has 0 spiro atoms. The summed E-state index contributed by atoms with van der Waals surface area (Å²) in [5.74, 6) is -2.04. The van der Waals surface area contributed by atoms with Gasteiger partial charge in [0.1, 0.15) is 11.6 Å². The van der Waals surface area contributed by atoms with Crippen molar-refractivity contribution in [3.8, 4) is 0 Å². The predicted octanol–water partition coefficient (Wildman–Crippen LogP) is 2.49. The summed E-state index contributed by atoms with van der Waals surface area (Å²) < 4.78 is 14.6. The summed E-state index contributed by atoms with van der Waals surface area (Å²) in [4.78, 5) is 51.0. The average Bonchev–Trinajstić information content (AvgIpc) is 3.70. The van der Waals surface area contributed by atoms with E-state index in [0.717, 1.165) is 25.7 Å². The molecule has 4 fully saturated rings. The van der Waals surface area contributed by atoms with Gasteiger partial charge in [-0.05, 0) is 63.2 Å². The second-order valence-electron chi connectivity index (χ2n) is 10.9. The van der Waals surface area contributed by atoms with Gasteiger partial charge in [0.2, 0.25) is 11.8 Å². The van der Waals surface area contributed by atoms with Crippen LogP contribution in [0.15, 0.2) is 12.2 Å². The van der Waals surface area contributed by atoms with Crippen LogP contribution in [0, 0.1) is 17.8 Å². The number of allylic oxidation sites excluding steroid dienone is 1. The number of rotatable bonds is 3. The van der Waals surface area contributed by atoms with E-state index in [1.165, 1.54) is 0 Å². The first-order valence-electron chi connectivity index (χ1n) is 12.3. The van der Waals surface area contributed by atoms with Crippen molar-refractivity contribution >= 4 is 17.7 Å². The van der Waals surface area contributed by atoms with Crippen molar-refractivity contribution in [1.82, 2.24) is 15.5 Å². The molecule has 3 aliphatic heterocycles. The lowest BCUT2D eigenvalue weighted by atomic mass is 9.91. The first-order chi connectivity index (χ1) is 15.7. The molecular weight excluding hydrogens is 429 g/mol. The Morgan fingerprint density at radius 3 is 2.67 bits per heavy atom. The van der Waals surface area contributed by atoms with E-state index < -0.39 is 29.1 Å². The highest BCUT2D eigenvalue weighted by molar-refractivity contribution is 5.98. The van der Waals surface area contributed by atoms with E-state index in [0.29, 0.717) is 31.7 Å². The number of hydrogen-bond acceptors (Lipinski definition) is 5. The lowest BCUT2D eigenvalue weighted by molar-refractivity contribution is -0.140. The first-order valence-corrected chi connectivity index (χ1v) is 12.3. The molecule has 3 amide bonds. The molecular formula is C24H34FN3O5. The van der Waals surface area contributed by atoms with Gasteiger partial charge in [-0.3, -0.25) is 19.7 Å². The minimum absolute atomic E-state index is 0.00182. The number of amides is 3. The number of nitrogens with one attached hydrogen (secondary N) is 2. The number of fused-ring (bicyclic) bond motifs is 2. The van der Waals surface area contributed by atoms with Gasteiger partial charge in [-0.2, -0.15) is 9.78 Å². The average molecular weight is 464 g/mol. The quantitative estimate of drug-likeness (QED) is 0.380. The molecule has 0 aromatic carbocycles. The van der Waals surface area contributed by atoms with Gasteiger partial charge in [0.15, 0.2) is 5.67 Å². The molecule has 0 aromatic rings. The highest BCUT2D eigenvalue weighted by Gasteiger charge is 2.76. The molecule has 5 rings (SSSR count). The first kappa shape index (κ1) is 22.8. The third kappa shape index (κ3) is 4.18. The van der Waals surface area contributed by atoms with Crippen LogP contribution in [0.2, 0.25) is 0 Å². The minimum atomic E-state index is -1.74. The zero-order chi connectivity index (χ0) is 23.4. The Bertz CT molecular complexity index is 870. The van der Waals surface area contributed by atoms with E-state index in [-0.39, 0.29) is 36.5 Å². The van der Waals surface area contributed by atoms with Gasteiger partial charge in [0.05, 0.1) is 0 Å². The number of nitrogens with zero attached hydrogens (tertiary/aromatic N) is 1. The molecule has 5 aliphatic rings. The molecule has 33 heavy (non-hydrogen) atoms. The summed E-state index contributed by atoms with van der Waals surface area (Å²) in [5, 5.41) is 5.52. The molecule has 2 N–H and O–H groups in total. The molecule has 2 aliphatic carbocycles. The monoisotopic (exact) mass is 463 g/mol. The van der Waals surface area contributed by atoms with E-state index in [4.69, 9.17) is 9.78 Å². The van der Waals surface area contributed by atoms with Crippen molar-refractivity contribution in [3.05, 3.63) is 12.2 Å². The summed E-state index contributed by atoms with van der Waals surface area (Å²) in [6.45, 7) is 4.85. The van der Waals surface area contributed by atoms with Crippen molar-refractivity contribution in [2.45, 2.75) is 94.8 Å². The van der Waals surface area contributed by atoms with Crippen LogP contribution in [-0.4, -0.2) is 52.3 Å². The standard InChI is InChI=1S/C24H34FN3O5/c1-15-6-3-4-7-17-14-23(17,21(31)27-24(32-33-24)22(25)9-10-22)26-20(30)18-8-5-11-28(18)19(29)13-16(2)12-15/h4,7,15-18H,3,5-6,8-14H2,1-2H3,(H,26,30)(H,27,31)/b7-4-/t15-,16-,17-,18+,23-/m1/s1. The molecule has 2 saturated heterocycles. The SMILES string of the molecule is C[C@@H]1CC/C=C\[C@@H]2C[C@@]2(C(=O)NC2(C3(F)CC3)OO2)NC(=O)[C@@H]2CCCN2C(=O)C[C@H](C)C1. The van der Waals surface area contributed by atoms with Crippen LogP contribution in [0.1, 0.15) is 71.6 Å². The van der Waals surface area contributed by atoms with Gasteiger partial charge in [-0.25, -0.2) is 4.39 Å². The predicted molar refractivity (Wildman–Crippen MR) is 116 cm³/mol. The second kappa shape index (κ2) is 8.05. The maximum atomic E-state index is 14.6. The van der Waals surface area contributed by atoms with Crippen LogP contribution in [0.3, 0.4) is 0 Å². The van der Waals surface area contributed by atoms with E-state index >= 15 is 0 Å². The fourth-order valence-electron chi connectivity index (χ4n) is 5.61. The summed E-state index contributed by atoms with van der Waals surface area (Å²) in [7, 11) is 0. The summed E-state index contributed by atoms with van der Waals surface area (Å²) in [6.07, 6.45) is 9.56. The number of alkyl halides is 1. The Balaban J connectivity index is 1.37. The van der Waals surface area contributed by atoms with Crippen molar-refractivity contribution in [2.24, 2.45) is 17.8 Å². The molecule has 2 saturated carbocycles. The highest BCUT2D eigenvalue weighted by Crippen LogP contribution is 2.57. The molecule has 0 aromatic heterocycles. The van der Waals surface area contributed by atoms with Gasteiger partial charge in [0.25, 0.3) is 5.91 Å². The third-order valence-corrected chi connectivity index (χ3v) is 7.97. The smallest absolute Gasteiger partial charge is 0.339 e.